The average Bonchev–Trinajstić information content (AvgIpc) is 2.85. The molecular weight excluding hydrogens is 330 g/mol. The molecule has 1 aromatic heterocycles. The summed E-state index contributed by atoms with van der Waals surface area (Å²) in [6.45, 7) is 6.81. The maximum Gasteiger partial charge on any atom is 0.0402 e. The van der Waals surface area contributed by atoms with Gasteiger partial charge in [0.05, 0.1) is 0 Å². The topological polar surface area (TPSA) is 12.0 Å². The molecule has 1 heterocycles. The van der Waals surface area contributed by atoms with Crippen LogP contribution >= 0.6 is 27.3 Å². The number of rotatable bonds is 6. The van der Waals surface area contributed by atoms with Gasteiger partial charge in [-0.2, -0.15) is 0 Å². The van der Waals surface area contributed by atoms with Gasteiger partial charge in [-0.25, -0.2) is 0 Å². The van der Waals surface area contributed by atoms with Crippen LogP contribution in [0.15, 0.2) is 46.3 Å². The number of hydrogen-bond donors (Lipinski definition) is 1. The molecule has 108 valence electrons. The molecular formula is C17H22BrNS. The lowest BCUT2D eigenvalue weighted by Crippen LogP contribution is -2.25. The van der Waals surface area contributed by atoms with Gasteiger partial charge in [0, 0.05) is 21.4 Å². The minimum absolute atomic E-state index is 0.355. The second-order valence-electron chi connectivity index (χ2n) is 5.61. The Morgan fingerprint density at radius 3 is 2.35 bits per heavy atom. The largest absolute Gasteiger partial charge is 0.303 e. The van der Waals surface area contributed by atoms with Crippen molar-refractivity contribution in [2.75, 3.05) is 0 Å². The molecule has 1 nitrogen and oxygen atoms in total. The summed E-state index contributed by atoms with van der Waals surface area (Å²) in [4.78, 5) is 1.37. The van der Waals surface area contributed by atoms with Crippen LogP contribution in [0.1, 0.15) is 49.7 Å². The maximum absolute atomic E-state index is 3.79. The summed E-state index contributed by atoms with van der Waals surface area (Å²) in [6, 6.07) is 13.6. The van der Waals surface area contributed by atoms with E-state index < -0.39 is 0 Å². The highest BCUT2D eigenvalue weighted by Crippen LogP contribution is 2.32. The molecule has 0 aliphatic carbocycles. The Labute approximate surface area is 134 Å². The summed E-state index contributed by atoms with van der Waals surface area (Å²) in [5.41, 5.74) is 1.38. The van der Waals surface area contributed by atoms with Gasteiger partial charge in [-0.15, -0.1) is 11.3 Å². The lowest BCUT2D eigenvalue weighted by molar-refractivity contribution is 0.396. The first-order chi connectivity index (χ1) is 9.58. The van der Waals surface area contributed by atoms with Crippen LogP contribution in [0.2, 0.25) is 0 Å². The predicted molar refractivity (Wildman–Crippen MR) is 92.2 cm³/mol. The molecule has 0 aliphatic rings. The molecule has 0 bridgehead atoms. The van der Waals surface area contributed by atoms with Gasteiger partial charge in [0.1, 0.15) is 0 Å². The SMILES string of the molecule is CC(C)CC(NC(C)c1sccc1Br)c1ccccc1. The molecule has 0 amide bonds. The Balaban J connectivity index is 2.14. The van der Waals surface area contributed by atoms with Crippen LogP contribution in [0.25, 0.3) is 0 Å². The van der Waals surface area contributed by atoms with Crippen LogP contribution in [0.4, 0.5) is 0 Å². The third-order valence-corrected chi connectivity index (χ3v) is 5.45. The van der Waals surface area contributed by atoms with E-state index >= 15 is 0 Å². The van der Waals surface area contributed by atoms with E-state index in [0.717, 1.165) is 6.42 Å². The lowest BCUT2D eigenvalue weighted by atomic mass is 9.96. The van der Waals surface area contributed by atoms with Gasteiger partial charge in [0.15, 0.2) is 0 Å². The van der Waals surface area contributed by atoms with Gasteiger partial charge in [0.2, 0.25) is 0 Å². The zero-order valence-electron chi connectivity index (χ0n) is 12.3. The smallest absolute Gasteiger partial charge is 0.0402 e. The van der Waals surface area contributed by atoms with Crippen molar-refractivity contribution in [3.63, 3.8) is 0 Å². The summed E-state index contributed by atoms with van der Waals surface area (Å²) in [6.07, 6.45) is 1.15. The molecule has 0 fully saturated rings. The first-order valence-electron chi connectivity index (χ1n) is 7.11. The van der Waals surface area contributed by atoms with Gasteiger partial charge in [-0.05, 0) is 52.2 Å². The molecule has 0 spiro atoms. The third-order valence-electron chi connectivity index (χ3n) is 3.40. The first kappa shape index (κ1) is 15.7. The summed E-state index contributed by atoms with van der Waals surface area (Å²) in [7, 11) is 0. The fourth-order valence-electron chi connectivity index (χ4n) is 2.45. The van der Waals surface area contributed by atoms with Crippen LogP contribution in [0, 0.1) is 5.92 Å². The van der Waals surface area contributed by atoms with Crippen LogP contribution in [-0.4, -0.2) is 0 Å². The van der Waals surface area contributed by atoms with Crippen LogP contribution in [-0.2, 0) is 0 Å². The molecule has 1 aromatic carbocycles. The van der Waals surface area contributed by atoms with Crippen LogP contribution in [0.5, 0.6) is 0 Å². The molecule has 0 saturated carbocycles. The molecule has 0 saturated heterocycles. The minimum Gasteiger partial charge on any atom is -0.303 e. The van der Waals surface area contributed by atoms with Crippen molar-refractivity contribution >= 4 is 27.3 Å². The quantitative estimate of drug-likeness (QED) is 0.677. The van der Waals surface area contributed by atoms with E-state index in [4.69, 9.17) is 0 Å². The Morgan fingerprint density at radius 1 is 1.10 bits per heavy atom. The van der Waals surface area contributed by atoms with Gasteiger partial charge in [0.25, 0.3) is 0 Å². The predicted octanol–water partition coefficient (Wildman–Crippen LogP) is 5.95. The van der Waals surface area contributed by atoms with Gasteiger partial charge >= 0.3 is 0 Å². The first-order valence-corrected chi connectivity index (χ1v) is 8.79. The Hall–Kier alpha value is -0.640. The Kier molecular flexibility index (Phi) is 5.82. The fourth-order valence-corrected chi connectivity index (χ4v) is 4.18. The molecule has 2 atom stereocenters. The van der Waals surface area contributed by atoms with Crippen molar-refractivity contribution in [1.29, 1.82) is 0 Å². The highest BCUT2D eigenvalue weighted by molar-refractivity contribution is 9.10. The van der Waals surface area contributed by atoms with Crippen molar-refractivity contribution in [3.05, 3.63) is 56.7 Å². The van der Waals surface area contributed by atoms with Crippen molar-refractivity contribution in [2.24, 2.45) is 5.92 Å². The Bertz CT molecular complexity index is 521. The molecule has 1 N–H and O–H groups in total. The molecule has 3 heteroatoms. The molecule has 20 heavy (non-hydrogen) atoms. The molecule has 2 unspecified atom stereocenters. The highest BCUT2D eigenvalue weighted by atomic mass is 79.9. The number of halogens is 1. The normalized spacial score (nSPS) is 14.4. The van der Waals surface area contributed by atoms with E-state index in [-0.39, 0.29) is 0 Å². The summed E-state index contributed by atoms with van der Waals surface area (Å²) in [5.74, 6) is 0.673. The standard InChI is InChI=1S/C17H22BrNS/c1-12(2)11-16(14-7-5-4-6-8-14)19-13(3)17-15(18)9-10-20-17/h4-10,12-13,16,19H,11H2,1-3H3. The van der Waals surface area contributed by atoms with E-state index in [1.54, 1.807) is 11.3 Å². The second-order valence-corrected chi connectivity index (χ2v) is 7.42. The highest BCUT2D eigenvalue weighted by Gasteiger charge is 2.18. The zero-order valence-corrected chi connectivity index (χ0v) is 14.7. The number of benzene rings is 1. The van der Waals surface area contributed by atoms with Gasteiger partial charge in [-0.3, -0.25) is 0 Å². The van der Waals surface area contributed by atoms with Gasteiger partial charge < -0.3 is 5.32 Å². The molecule has 2 aromatic rings. The monoisotopic (exact) mass is 351 g/mol. The minimum atomic E-state index is 0.355. The molecule has 0 aliphatic heterocycles. The van der Waals surface area contributed by atoms with E-state index in [0.29, 0.717) is 18.0 Å². The van der Waals surface area contributed by atoms with Crippen molar-refractivity contribution < 1.29 is 0 Å². The van der Waals surface area contributed by atoms with Gasteiger partial charge in [-0.1, -0.05) is 44.2 Å². The summed E-state index contributed by atoms with van der Waals surface area (Å²) in [5, 5.41) is 5.92. The molecule has 0 radical (unpaired) electrons. The lowest BCUT2D eigenvalue weighted by Gasteiger charge is -2.25. The van der Waals surface area contributed by atoms with Crippen molar-refractivity contribution in [2.45, 2.75) is 39.3 Å². The van der Waals surface area contributed by atoms with E-state index in [9.17, 15) is 0 Å². The Morgan fingerprint density at radius 2 is 1.80 bits per heavy atom. The van der Waals surface area contributed by atoms with Crippen LogP contribution < -0.4 is 5.32 Å². The van der Waals surface area contributed by atoms with Crippen molar-refractivity contribution in [3.8, 4) is 0 Å². The number of thiophene rings is 1. The third kappa shape index (κ3) is 4.18. The van der Waals surface area contributed by atoms with Crippen LogP contribution in [0.3, 0.4) is 0 Å². The maximum atomic E-state index is 3.79. The molecule has 2 rings (SSSR count). The second kappa shape index (κ2) is 7.39. The number of hydrogen-bond acceptors (Lipinski definition) is 2. The average molecular weight is 352 g/mol. The zero-order chi connectivity index (χ0) is 14.5. The van der Waals surface area contributed by atoms with E-state index in [1.807, 2.05) is 0 Å². The van der Waals surface area contributed by atoms with E-state index in [1.165, 1.54) is 14.9 Å². The fraction of sp³-hybridized carbons (Fsp3) is 0.412. The summed E-state index contributed by atoms with van der Waals surface area (Å²) >= 11 is 5.44. The number of nitrogens with one attached hydrogen (secondary N) is 1. The van der Waals surface area contributed by atoms with E-state index in [2.05, 4.69) is 83.8 Å². The summed E-state index contributed by atoms with van der Waals surface area (Å²) < 4.78 is 1.21. The van der Waals surface area contributed by atoms with Crippen molar-refractivity contribution in [1.82, 2.24) is 5.32 Å².